The lowest BCUT2D eigenvalue weighted by Gasteiger charge is -2.29. The molecule has 0 radical (unpaired) electrons. The number of nitrogens with one attached hydrogen (secondary N) is 1. The van der Waals surface area contributed by atoms with Crippen LogP contribution in [0.5, 0.6) is 0 Å². The highest BCUT2D eigenvalue weighted by atomic mass is 35.5. The Labute approximate surface area is 147 Å². The molecule has 5 heteroatoms. The van der Waals surface area contributed by atoms with Crippen molar-refractivity contribution in [1.29, 1.82) is 0 Å². The third-order valence-electron chi connectivity index (χ3n) is 5.07. The summed E-state index contributed by atoms with van der Waals surface area (Å²) in [5.74, 6) is -0.00409. The molecule has 1 saturated carbocycles. The van der Waals surface area contributed by atoms with Crippen LogP contribution in [-0.2, 0) is 17.3 Å². The predicted molar refractivity (Wildman–Crippen MR) is 95.0 cm³/mol. The van der Waals surface area contributed by atoms with Crippen molar-refractivity contribution in [3.8, 4) is 0 Å². The van der Waals surface area contributed by atoms with E-state index in [0.717, 1.165) is 36.9 Å². The van der Waals surface area contributed by atoms with Gasteiger partial charge in [0, 0.05) is 30.5 Å². The fraction of sp³-hybridized carbons (Fsp3) is 0.421. The van der Waals surface area contributed by atoms with Gasteiger partial charge in [-0.1, -0.05) is 36.6 Å². The van der Waals surface area contributed by atoms with Crippen LogP contribution in [0.2, 0.25) is 5.02 Å². The molecule has 0 spiro atoms. The number of aryl methyl sites for hydroxylation is 1. The molecule has 1 heterocycles. The smallest absolute Gasteiger partial charge is 0.230 e. The summed E-state index contributed by atoms with van der Waals surface area (Å²) in [6.45, 7) is 0.214. The highest BCUT2D eigenvalue weighted by Gasteiger charge is 2.42. The molecule has 1 amide bonds. The van der Waals surface area contributed by atoms with Crippen molar-refractivity contribution < 1.29 is 9.90 Å². The van der Waals surface area contributed by atoms with Crippen LogP contribution in [0.1, 0.15) is 43.0 Å². The van der Waals surface area contributed by atoms with Gasteiger partial charge >= 0.3 is 0 Å². The standard InChI is InChI=1S/C19H23ClN2O2/c1-22-12-4-5-16(22)17(23)13-21-18(24)19(10-2-3-11-19)14-6-8-15(20)9-7-14/h4-9,12,17,23H,2-3,10-11,13H2,1H3,(H,21,24)/t17-/m0/s1. The Morgan fingerprint density at radius 3 is 2.54 bits per heavy atom. The van der Waals surface area contributed by atoms with E-state index in [1.807, 2.05) is 54.2 Å². The number of carbonyl (C=O) groups is 1. The Hall–Kier alpha value is -1.78. The number of aliphatic hydroxyl groups excluding tert-OH is 1. The van der Waals surface area contributed by atoms with Gasteiger partial charge in [-0.3, -0.25) is 4.79 Å². The molecule has 1 aliphatic rings. The van der Waals surface area contributed by atoms with E-state index in [9.17, 15) is 9.90 Å². The first-order valence-corrected chi connectivity index (χ1v) is 8.74. The first kappa shape index (κ1) is 17.1. The Bertz CT molecular complexity index is 702. The van der Waals surface area contributed by atoms with Gasteiger partial charge < -0.3 is 15.0 Å². The Kier molecular flexibility index (Phi) is 4.97. The predicted octanol–water partition coefficient (Wildman–Crippen LogP) is 3.34. The van der Waals surface area contributed by atoms with Crippen molar-refractivity contribution in [3.05, 3.63) is 58.9 Å². The number of halogens is 1. The van der Waals surface area contributed by atoms with Gasteiger partial charge in [-0.25, -0.2) is 0 Å². The Morgan fingerprint density at radius 2 is 1.96 bits per heavy atom. The van der Waals surface area contributed by atoms with Crippen molar-refractivity contribution in [2.45, 2.75) is 37.2 Å². The third-order valence-corrected chi connectivity index (χ3v) is 5.32. The van der Waals surface area contributed by atoms with Gasteiger partial charge in [0.15, 0.2) is 0 Å². The average Bonchev–Trinajstić information content (AvgIpc) is 3.23. The summed E-state index contributed by atoms with van der Waals surface area (Å²) in [6, 6.07) is 11.3. The maximum atomic E-state index is 12.9. The molecule has 2 aromatic rings. The van der Waals surface area contributed by atoms with Gasteiger partial charge in [-0.05, 0) is 42.7 Å². The molecule has 128 valence electrons. The topological polar surface area (TPSA) is 54.3 Å². The number of aromatic nitrogens is 1. The van der Waals surface area contributed by atoms with E-state index in [2.05, 4.69) is 5.32 Å². The zero-order valence-electron chi connectivity index (χ0n) is 13.8. The van der Waals surface area contributed by atoms with Crippen LogP contribution in [0.3, 0.4) is 0 Å². The molecule has 1 aromatic carbocycles. The molecule has 2 N–H and O–H groups in total. The number of hydrogen-bond acceptors (Lipinski definition) is 2. The van der Waals surface area contributed by atoms with Gasteiger partial charge in [-0.15, -0.1) is 0 Å². The van der Waals surface area contributed by atoms with Crippen molar-refractivity contribution in [3.63, 3.8) is 0 Å². The fourth-order valence-electron chi connectivity index (χ4n) is 3.68. The normalized spacial score (nSPS) is 17.6. The summed E-state index contributed by atoms with van der Waals surface area (Å²) >= 11 is 5.98. The molecule has 1 fully saturated rings. The summed E-state index contributed by atoms with van der Waals surface area (Å²) in [5.41, 5.74) is 1.30. The van der Waals surface area contributed by atoms with Gasteiger partial charge in [-0.2, -0.15) is 0 Å². The lowest BCUT2D eigenvalue weighted by Crippen LogP contribution is -2.44. The van der Waals surface area contributed by atoms with Crippen LogP contribution in [0.25, 0.3) is 0 Å². The largest absolute Gasteiger partial charge is 0.385 e. The van der Waals surface area contributed by atoms with Crippen LogP contribution in [0.15, 0.2) is 42.6 Å². The highest BCUT2D eigenvalue weighted by molar-refractivity contribution is 6.30. The van der Waals surface area contributed by atoms with Crippen LogP contribution in [0, 0.1) is 0 Å². The summed E-state index contributed by atoms with van der Waals surface area (Å²) in [6.07, 6.45) is 4.92. The van der Waals surface area contributed by atoms with E-state index in [-0.39, 0.29) is 12.5 Å². The maximum absolute atomic E-state index is 12.9. The highest BCUT2D eigenvalue weighted by Crippen LogP contribution is 2.41. The van der Waals surface area contributed by atoms with Crippen molar-refractivity contribution >= 4 is 17.5 Å². The van der Waals surface area contributed by atoms with E-state index < -0.39 is 11.5 Å². The van der Waals surface area contributed by atoms with Gasteiger partial charge in [0.25, 0.3) is 0 Å². The minimum absolute atomic E-state index is 0.00409. The zero-order valence-corrected chi connectivity index (χ0v) is 14.6. The van der Waals surface area contributed by atoms with Crippen LogP contribution < -0.4 is 5.32 Å². The molecule has 1 aromatic heterocycles. The molecule has 4 nitrogen and oxygen atoms in total. The number of nitrogens with zero attached hydrogens (tertiary/aromatic N) is 1. The van der Waals surface area contributed by atoms with E-state index in [1.165, 1.54) is 0 Å². The second-order valence-corrected chi connectivity index (χ2v) is 7.00. The number of carbonyl (C=O) groups excluding carboxylic acids is 1. The monoisotopic (exact) mass is 346 g/mol. The van der Waals surface area contributed by atoms with Crippen molar-refractivity contribution in [2.75, 3.05) is 6.54 Å². The van der Waals surface area contributed by atoms with Gasteiger partial charge in [0.1, 0.15) is 6.10 Å². The third kappa shape index (κ3) is 3.21. The molecule has 0 bridgehead atoms. The van der Waals surface area contributed by atoms with Gasteiger partial charge in [0.2, 0.25) is 5.91 Å². The number of hydrogen-bond donors (Lipinski definition) is 2. The van der Waals surface area contributed by atoms with E-state index in [1.54, 1.807) is 0 Å². The second-order valence-electron chi connectivity index (χ2n) is 6.57. The number of aliphatic hydroxyl groups is 1. The zero-order chi connectivity index (χ0) is 17.2. The van der Waals surface area contributed by atoms with E-state index in [4.69, 9.17) is 11.6 Å². The Balaban J connectivity index is 1.73. The first-order chi connectivity index (χ1) is 11.5. The van der Waals surface area contributed by atoms with Crippen molar-refractivity contribution in [2.24, 2.45) is 7.05 Å². The molecule has 1 aliphatic carbocycles. The van der Waals surface area contributed by atoms with Crippen molar-refractivity contribution in [1.82, 2.24) is 9.88 Å². The summed E-state index contributed by atoms with van der Waals surface area (Å²) in [5, 5.41) is 14.0. The summed E-state index contributed by atoms with van der Waals surface area (Å²) < 4.78 is 1.86. The lowest BCUT2D eigenvalue weighted by atomic mass is 9.78. The molecule has 0 unspecified atom stereocenters. The number of rotatable bonds is 5. The quantitative estimate of drug-likeness (QED) is 0.872. The molecule has 24 heavy (non-hydrogen) atoms. The molecule has 0 saturated heterocycles. The molecular formula is C19H23ClN2O2. The lowest BCUT2D eigenvalue weighted by molar-refractivity contribution is -0.127. The number of amides is 1. The summed E-state index contributed by atoms with van der Waals surface area (Å²) in [7, 11) is 1.88. The molecule has 0 aliphatic heterocycles. The average molecular weight is 347 g/mol. The summed E-state index contributed by atoms with van der Waals surface area (Å²) in [4.78, 5) is 12.9. The van der Waals surface area contributed by atoms with E-state index >= 15 is 0 Å². The minimum Gasteiger partial charge on any atom is -0.385 e. The fourth-order valence-corrected chi connectivity index (χ4v) is 3.80. The number of benzene rings is 1. The molecular weight excluding hydrogens is 324 g/mol. The SMILES string of the molecule is Cn1cccc1[C@@H](O)CNC(=O)C1(c2ccc(Cl)cc2)CCCC1. The molecule has 3 rings (SSSR count). The van der Waals surface area contributed by atoms with Crippen LogP contribution in [-0.4, -0.2) is 22.1 Å². The molecule has 1 atom stereocenters. The second kappa shape index (κ2) is 6.99. The van der Waals surface area contributed by atoms with Crippen LogP contribution >= 0.6 is 11.6 Å². The minimum atomic E-state index is -0.711. The van der Waals surface area contributed by atoms with Crippen LogP contribution in [0.4, 0.5) is 0 Å². The maximum Gasteiger partial charge on any atom is 0.230 e. The Morgan fingerprint density at radius 1 is 1.29 bits per heavy atom. The first-order valence-electron chi connectivity index (χ1n) is 8.36. The van der Waals surface area contributed by atoms with Gasteiger partial charge in [0.05, 0.1) is 5.41 Å². The van der Waals surface area contributed by atoms with E-state index in [0.29, 0.717) is 5.02 Å².